The van der Waals surface area contributed by atoms with Crippen molar-refractivity contribution in [1.82, 2.24) is 9.80 Å². The van der Waals surface area contributed by atoms with Crippen LogP contribution in [0.1, 0.15) is 50.2 Å². The molecule has 2 aliphatic rings. The van der Waals surface area contributed by atoms with Crippen LogP contribution in [0.25, 0.3) is 6.08 Å². The number of nitrogens with zero attached hydrogens (tertiary/aromatic N) is 2. The number of carbonyl (C=O) groups excluding carboxylic acids is 1. The molecule has 1 aromatic rings. The molecule has 1 amide bonds. The van der Waals surface area contributed by atoms with Gasteiger partial charge in [-0.2, -0.15) is 0 Å². The molecule has 0 N–H and O–H groups in total. The van der Waals surface area contributed by atoms with Crippen LogP contribution in [0.15, 0.2) is 29.2 Å². The van der Waals surface area contributed by atoms with E-state index in [1.54, 1.807) is 4.90 Å². The third-order valence-electron chi connectivity index (χ3n) is 4.56. The maximum Gasteiger partial charge on any atom is 0.267 e. The van der Waals surface area contributed by atoms with Crippen molar-refractivity contribution in [2.75, 3.05) is 19.8 Å². The highest BCUT2D eigenvalue weighted by atomic mass is 32.2. The van der Waals surface area contributed by atoms with E-state index in [0.717, 1.165) is 23.6 Å². The number of hydrogen-bond acceptors (Lipinski definition) is 4. The number of carbonyl (C=O) groups is 1. The summed E-state index contributed by atoms with van der Waals surface area (Å²) in [5.41, 5.74) is 2.36. The Labute approximate surface area is 154 Å². The van der Waals surface area contributed by atoms with Gasteiger partial charge in [-0.1, -0.05) is 68.5 Å². The van der Waals surface area contributed by atoms with Gasteiger partial charge in [0, 0.05) is 0 Å². The summed E-state index contributed by atoms with van der Waals surface area (Å²) in [5.74, 6) is 0.560. The maximum atomic E-state index is 12.7. The highest BCUT2D eigenvalue weighted by Gasteiger charge is 2.33. The van der Waals surface area contributed by atoms with Gasteiger partial charge < -0.3 is 0 Å². The summed E-state index contributed by atoms with van der Waals surface area (Å²) < 4.78 is 0.677. The van der Waals surface area contributed by atoms with E-state index in [2.05, 4.69) is 43.0 Å². The average Bonchev–Trinajstić information content (AvgIpc) is 2.84. The van der Waals surface area contributed by atoms with Gasteiger partial charge in [0.05, 0.1) is 11.6 Å². The minimum Gasteiger partial charge on any atom is -0.286 e. The predicted molar refractivity (Wildman–Crippen MR) is 106 cm³/mol. The molecule has 2 fully saturated rings. The molecule has 0 aliphatic carbocycles. The summed E-state index contributed by atoms with van der Waals surface area (Å²) in [4.78, 5) is 17.5. The zero-order valence-electron chi connectivity index (χ0n) is 14.3. The molecule has 3 rings (SSSR count). The fourth-order valence-electron chi connectivity index (χ4n) is 3.05. The monoisotopic (exact) mass is 360 g/mol. The van der Waals surface area contributed by atoms with Gasteiger partial charge in [0.25, 0.3) is 5.91 Å². The van der Waals surface area contributed by atoms with E-state index in [4.69, 9.17) is 12.2 Å². The van der Waals surface area contributed by atoms with Crippen molar-refractivity contribution < 1.29 is 4.79 Å². The normalized spacial score (nSPS) is 21.3. The number of piperidine rings is 1. The SMILES string of the molecule is CC(C)c1ccc(/C=C2/SC(=S)N(CN3CCCCC3)C2=O)cc1. The van der Waals surface area contributed by atoms with Crippen LogP contribution in [-0.2, 0) is 4.79 Å². The van der Waals surface area contributed by atoms with Crippen LogP contribution in [-0.4, -0.2) is 39.8 Å². The summed E-state index contributed by atoms with van der Waals surface area (Å²) in [6, 6.07) is 8.41. The number of amides is 1. The summed E-state index contributed by atoms with van der Waals surface area (Å²) in [6.45, 7) is 7.12. The lowest BCUT2D eigenvalue weighted by Crippen LogP contribution is -2.42. The van der Waals surface area contributed by atoms with Crippen LogP contribution < -0.4 is 0 Å². The second-order valence-electron chi connectivity index (χ2n) is 6.75. The van der Waals surface area contributed by atoms with Gasteiger partial charge in [0.2, 0.25) is 0 Å². The first-order valence-electron chi connectivity index (χ1n) is 8.62. The number of thiocarbonyl (C=S) groups is 1. The molecule has 0 aromatic heterocycles. The highest BCUT2D eigenvalue weighted by molar-refractivity contribution is 8.26. The lowest BCUT2D eigenvalue weighted by molar-refractivity contribution is -0.123. The third-order valence-corrected chi connectivity index (χ3v) is 5.94. The Hall–Kier alpha value is -1.17. The van der Waals surface area contributed by atoms with Gasteiger partial charge in [-0.3, -0.25) is 14.6 Å². The molecule has 128 valence electrons. The van der Waals surface area contributed by atoms with Crippen LogP contribution in [0.5, 0.6) is 0 Å². The average molecular weight is 361 g/mol. The molecule has 2 aliphatic heterocycles. The van der Waals surface area contributed by atoms with Gasteiger partial charge in [0.15, 0.2) is 0 Å². The Balaban J connectivity index is 1.70. The van der Waals surface area contributed by atoms with E-state index in [1.165, 1.54) is 36.6 Å². The van der Waals surface area contributed by atoms with E-state index < -0.39 is 0 Å². The summed E-state index contributed by atoms with van der Waals surface area (Å²) in [6.07, 6.45) is 5.68. The van der Waals surface area contributed by atoms with Gasteiger partial charge in [-0.05, 0) is 49.1 Å². The molecule has 2 saturated heterocycles. The molecule has 0 saturated carbocycles. The van der Waals surface area contributed by atoms with Crippen LogP contribution in [0.2, 0.25) is 0 Å². The van der Waals surface area contributed by atoms with Crippen molar-refractivity contribution >= 4 is 40.3 Å². The quantitative estimate of drug-likeness (QED) is 0.584. The first-order valence-corrected chi connectivity index (χ1v) is 9.85. The highest BCUT2D eigenvalue weighted by Crippen LogP contribution is 2.33. The summed E-state index contributed by atoms with van der Waals surface area (Å²) >= 11 is 6.85. The molecule has 1 aromatic carbocycles. The number of hydrogen-bond donors (Lipinski definition) is 0. The summed E-state index contributed by atoms with van der Waals surface area (Å²) in [5, 5.41) is 0. The van der Waals surface area contributed by atoms with Crippen molar-refractivity contribution in [1.29, 1.82) is 0 Å². The first-order chi connectivity index (χ1) is 11.5. The second-order valence-corrected chi connectivity index (χ2v) is 8.43. The lowest BCUT2D eigenvalue weighted by atomic mass is 10.0. The Morgan fingerprint density at radius 1 is 1.17 bits per heavy atom. The Kier molecular flexibility index (Phi) is 5.74. The molecule has 5 heteroatoms. The number of likely N-dealkylation sites (tertiary alicyclic amines) is 1. The third kappa shape index (κ3) is 4.08. The molecule has 2 heterocycles. The summed E-state index contributed by atoms with van der Waals surface area (Å²) in [7, 11) is 0. The molecule has 0 atom stereocenters. The molecule has 24 heavy (non-hydrogen) atoms. The fraction of sp³-hybridized carbons (Fsp3) is 0.474. The minimum atomic E-state index is 0.0449. The Bertz CT molecular complexity index is 646. The Morgan fingerprint density at radius 2 is 1.83 bits per heavy atom. The van der Waals surface area contributed by atoms with E-state index in [0.29, 0.717) is 16.9 Å². The van der Waals surface area contributed by atoms with Crippen LogP contribution in [0.4, 0.5) is 0 Å². The van der Waals surface area contributed by atoms with Crippen molar-refractivity contribution in [2.24, 2.45) is 0 Å². The van der Waals surface area contributed by atoms with Crippen LogP contribution >= 0.6 is 24.0 Å². The topological polar surface area (TPSA) is 23.6 Å². The fourth-order valence-corrected chi connectivity index (χ4v) is 4.29. The molecular formula is C19H24N2OS2. The number of thioether (sulfide) groups is 1. The van der Waals surface area contributed by atoms with Crippen molar-refractivity contribution in [3.63, 3.8) is 0 Å². The van der Waals surface area contributed by atoms with Crippen molar-refractivity contribution in [2.45, 2.75) is 39.0 Å². The number of rotatable bonds is 4. The van der Waals surface area contributed by atoms with E-state index in [-0.39, 0.29) is 5.91 Å². The van der Waals surface area contributed by atoms with Gasteiger partial charge >= 0.3 is 0 Å². The smallest absolute Gasteiger partial charge is 0.267 e. The Morgan fingerprint density at radius 3 is 2.46 bits per heavy atom. The van der Waals surface area contributed by atoms with Gasteiger partial charge in [-0.15, -0.1) is 0 Å². The molecular weight excluding hydrogens is 336 g/mol. The van der Waals surface area contributed by atoms with E-state index in [9.17, 15) is 4.79 Å². The van der Waals surface area contributed by atoms with Crippen molar-refractivity contribution in [3.05, 3.63) is 40.3 Å². The minimum absolute atomic E-state index is 0.0449. The largest absolute Gasteiger partial charge is 0.286 e. The zero-order valence-corrected chi connectivity index (χ0v) is 16.0. The predicted octanol–water partition coefficient (Wildman–Crippen LogP) is 4.45. The maximum absolute atomic E-state index is 12.7. The first kappa shape index (κ1) is 17.6. The zero-order chi connectivity index (χ0) is 17.1. The second kappa shape index (κ2) is 7.81. The standard InChI is InChI=1S/C19H24N2OS2/c1-14(2)16-8-6-15(7-9-16)12-17-18(22)21(19(23)24-17)13-20-10-4-3-5-11-20/h6-9,12,14H,3-5,10-11,13H2,1-2H3/b17-12+. The van der Waals surface area contributed by atoms with Gasteiger partial charge in [0.1, 0.15) is 4.32 Å². The molecule has 0 spiro atoms. The van der Waals surface area contributed by atoms with Crippen LogP contribution in [0, 0.1) is 0 Å². The molecule has 0 bridgehead atoms. The molecule has 0 unspecified atom stereocenters. The van der Waals surface area contributed by atoms with Crippen molar-refractivity contribution in [3.8, 4) is 0 Å². The van der Waals surface area contributed by atoms with Gasteiger partial charge in [-0.25, -0.2) is 0 Å². The number of benzene rings is 1. The molecule has 3 nitrogen and oxygen atoms in total. The lowest BCUT2D eigenvalue weighted by Gasteiger charge is -2.29. The van der Waals surface area contributed by atoms with E-state index in [1.807, 2.05) is 6.08 Å². The van der Waals surface area contributed by atoms with Crippen LogP contribution in [0.3, 0.4) is 0 Å². The van der Waals surface area contributed by atoms with E-state index >= 15 is 0 Å². The molecule has 0 radical (unpaired) electrons.